The van der Waals surface area contributed by atoms with Crippen LogP contribution in [0.15, 0.2) is 83.6 Å². The number of aromatic nitrogens is 1. The van der Waals surface area contributed by atoms with E-state index in [1.54, 1.807) is 11.3 Å². The first-order chi connectivity index (χ1) is 16.6. The molecule has 3 aliphatic rings. The first-order valence-electron chi connectivity index (χ1n) is 11.5. The smallest absolute Gasteiger partial charge is 0.233 e. The first kappa shape index (κ1) is 20.1. The Morgan fingerprint density at radius 2 is 1.62 bits per heavy atom. The van der Waals surface area contributed by atoms with Crippen LogP contribution < -0.4 is 5.32 Å². The number of hydrogen-bond donors (Lipinski definition) is 1. The van der Waals surface area contributed by atoms with Crippen LogP contribution in [-0.4, -0.2) is 10.9 Å². The molecule has 2 heterocycles. The second-order valence-corrected chi connectivity index (χ2v) is 11.3. The fourth-order valence-corrected chi connectivity index (χ4v) is 7.62. The number of hydrogen-bond acceptors (Lipinski definition) is 4. The quantitative estimate of drug-likeness (QED) is 0.289. The normalized spacial score (nSPS) is 22.4. The highest BCUT2D eigenvalue weighted by molar-refractivity contribution is 7.17. The molecular formula is C29H22N2OS2. The third kappa shape index (κ3) is 2.80. The Bertz CT molecular complexity index is 1530. The van der Waals surface area contributed by atoms with Crippen molar-refractivity contribution in [3.8, 4) is 11.3 Å². The average Bonchev–Trinajstić information content (AvgIpc) is 3.54. The molecule has 0 saturated heterocycles. The highest BCUT2D eigenvalue weighted by Gasteiger charge is 2.53. The molecule has 1 amide bonds. The molecule has 0 saturated carbocycles. The van der Waals surface area contributed by atoms with Crippen molar-refractivity contribution in [3.05, 3.63) is 106 Å². The van der Waals surface area contributed by atoms with Crippen molar-refractivity contribution >= 4 is 43.8 Å². The summed E-state index contributed by atoms with van der Waals surface area (Å²) in [6, 6.07) is 25.7. The Balaban J connectivity index is 1.24. The largest absolute Gasteiger partial charge is 0.301 e. The monoisotopic (exact) mass is 478 g/mol. The summed E-state index contributed by atoms with van der Waals surface area (Å²) >= 11 is 3.23. The Kier molecular flexibility index (Phi) is 4.36. The van der Waals surface area contributed by atoms with Gasteiger partial charge in [0.2, 0.25) is 5.91 Å². The van der Waals surface area contributed by atoms with Gasteiger partial charge in [-0.05, 0) is 53.1 Å². The van der Waals surface area contributed by atoms with Crippen molar-refractivity contribution in [2.45, 2.75) is 25.2 Å². The molecule has 8 rings (SSSR count). The van der Waals surface area contributed by atoms with Gasteiger partial charge in [0, 0.05) is 32.9 Å². The van der Waals surface area contributed by atoms with Crippen LogP contribution in [0.3, 0.4) is 0 Å². The third-order valence-corrected chi connectivity index (χ3v) is 9.29. The summed E-state index contributed by atoms with van der Waals surface area (Å²) in [4.78, 5) is 18.7. The molecule has 2 aromatic heterocycles. The lowest BCUT2D eigenvalue weighted by Gasteiger charge is -2.50. The van der Waals surface area contributed by atoms with E-state index in [-0.39, 0.29) is 17.7 Å². The van der Waals surface area contributed by atoms with Gasteiger partial charge in [-0.3, -0.25) is 4.79 Å². The van der Waals surface area contributed by atoms with Crippen LogP contribution in [0.4, 0.5) is 5.13 Å². The van der Waals surface area contributed by atoms with Gasteiger partial charge in [0.25, 0.3) is 0 Å². The lowest BCUT2D eigenvalue weighted by atomic mass is 9.52. The molecule has 0 radical (unpaired) electrons. The van der Waals surface area contributed by atoms with Crippen molar-refractivity contribution in [3.63, 3.8) is 0 Å². The van der Waals surface area contributed by atoms with E-state index in [2.05, 4.69) is 90.4 Å². The maximum absolute atomic E-state index is 13.9. The van der Waals surface area contributed by atoms with Gasteiger partial charge in [-0.25, -0.2) is 4.98 Å². The van der Waals surface area contributed by atoms with Gasteiger partial charge >= 0.3 is 0 Å². The Labute approximate surface area is 206 Å². The minimum atomic E-state index is -0.535. The summed E-state index contributed by atoms with van der Waals surface area (Å²) in [5, 5.41) is 9.23. The van der Waals surface area contributed by atoms with Crippen LogP contribution in [0.5, 0.6) is 0 Å². The third-order valence-electron chi connectivity index (χ3n) is 7.65. The number of thiazole rings is 1. The predicted octanol–water partition coefficient (Wildman–Crippen LogP) is 7.65. The zero-order chi connectivity index (χ0) is 22.9. The number of amides is 1. The lowest BCUT2D eigenvalue weighted by molar-refractivity contribution is -0.126. The maximum atomic E-state index is 13.9. The summed E-state index contributed by atoms with van der Waals surface area (Å²) in [5.74, 6) is 0.348. The van der Waals surface area contributed by atoms with Crippen LogP contribution in [-0.2, 0) is 4.79 Å². The van der Waals surface area contributed by atoms with Crippen LogP contribution in [0.25, 0.3) is 21.3 Å². The minimum Gasteiger partial charge on any atom is -0.301 e. The van der Waals surface area contributed by atoms with Gasteiger partial charge in [0.1, 0.15) is 0 Å². The molecule has 0 fully saturated rings. The second-order valence-electron chi connectivity index (χ2n) is 9.50. The number of fused-ring (bicyclic) bond motifs is 2. The minimum absolute atomic E-state index is 0.0453. The zero-order valence-corrected chi connectivity index (χ0v) is 20.2. The molecule has 2 bridgehead atoms. The van der Waals surface area contributed by atoms with Gasteiger partial charge < -0.3 is 5.32 Å². The average molecular weight is 479 g/mol. The van der Waals surface area contributed by atoms with E-state index in [0.29, 0.717) is 5.13 Å². The molecule has 3 aromatic carbocycles. The van der Waals surface area contributed by atoms with E-state index in [9.17, 15) is 4.79 Å². The number of thiophene rings is 1. The second kappa shape index (κ2) is 7.36. The Hall–Kier alpha value is -3.28. The number of anilines is 1. The molecule has 5 aromatic rings. The van der Waals surface area contributed by atoms with Gasteiger partial charge in [0.05, 0.1) is 11.1 Å². The summed E-state index contributed by atoms with van der Waals surface area (Å²) in [7, 11) is 0. The summed E-state index contributed by atoms with van der Waals surface area (Å²) in [5.41, 5.74) is 6.82. The molecule has 0 aliphatic heterocycles. The van der Waals surface area contributed by atoms with Crippen molar-refractivity contribution < 1.29 is 4.79 Å². The highest BCUT2D eigenvalue weighted by Crippen LogP contribution is 2.61. The molecular weight excluding hydrogens is 456 g/mol. The van der Waals surface area contributed by atoms with E-state index in [1.807, 2.05) is 5.38 Å². The van der Waals surface area contributed by atoms with Crippen molar-refractivity contribution in [1.29, 1.82) is 0 Å². The topological polar surface area (TPSA) is 42.0 Å². The molecule has 5 heteroatoms. The SMILES string of the molecule is CC1(C(=O)Nc2nc(-c3cccc4sccc34)cs2)CC2c3ccccc3C1c1ccccc12. The highest BCUT2D eigenvalue weighted by atomic mass is 32.1. The van der Waals surface area contributed by atoms with Crippen molar-refractivity contribution in [1.82, 2.24) is 4.98 Å². The van der Waals surface area contributed by atoms with Gasteiger partial charge in [0.15, 0.2) is 5.13 Å². The van der Waals surface area contributed by atoms with Crippen LogP contribution in [0, 0.1) is 5.41 Å². The molecule has 34 heavy (non-hydrogen) atoms. The van der Waals surface area contributed by atoms with Crippen LogP contribution in [0.1, 0.15) is 47.4 Å². The number of carbonyl (C=O) groups excluding carboxylic acids is 1. The molecule has 1 unspecified atom stereocenters. The number of rotatable bonds is 3. The molecule has 166 valence electrons. The van der Waals surface area contributed by atoms with E-state index in [1.165, 1.54) is 43.7 Å². The van der Waals surface area contributed by atoms with Crippen molar-refractivity contribution in [2.75, 3.05) is 5.32 Å². The Morgan fingerprint density at radius 1 is 0.912 bits per heavy atom. The molecule has 0 spiro atoms. The van der Waals surface area contributed by atoms with Gasteiger partial charge in [-0.1, -0.05) is 60.7 Å². The first-order valence-corrected chi connectivity index (χ1v) is 13.3. The fraction of sp³-hybridized carbons (Fsp3) is 0.172. The number of nitrogens with zero attached hydrogens (tertiary/aromatic N) is 1. The van der Waals surface area contributed by atoms with E-state index in [0.717, 1.165) is 17.7 Å². The molecule has 1 N–H and O–H groups in total. The molecule has 3 nitrogen and oxygen atoms in total. The summed E-state index contributed by atoms with van der Waals surface area (Å²) in [6.45, 7) is 2.13. The maximum Gasteiger partial charge on any atom is 0.233 e. The van der Waals surface area contributed by atoms with Gasteiger partial charge in [-0.2, -0.15) is 0 Å². The lowest BCUT2D eigenvalue weighted by Crippen LogP contribution is -2.47. The van der Waals surface area contributed by atoms with Crippen molar-refractivity contribution in [2.24, 2.45) is 5.41 Å². The fourth-order valence-electron chi connectivity index (χ4n) is 6.10. The van der Waals surface area contributed by atoms with E-state index in [4.69, 9.17) is 4.98 Å². The Morgan fingerprint density at radius 3 is 2.35 bits per heavy atom. The van der Waals surface area contributed by atoms with Crippen LogP contribution >= 0.6 is 22.7 Å². The number of nitrogens with one attached hydrogen (secondary N) is 1. The predicted molar refractivity (Wildman–Crippen MR) is 141 cm³/mol. The number of carbonyl (C=O) groups is 1. The number of benzene rings is 3. The molecule has 1 atom stereocenters. The molecule has 3 aliphatic carbocycles. The standard InChI is InChI=1S/C29H22N2OS2/c1-29(15-23-17-7-2-4-9-21(17)26(29)22-10-5-3-8-18(22)23)27(32)31-28-30-24(16-34-28)19-11-6-12-25-20(19)13-14-33-25/h2-14,16,23,26H,15H2,1H3,(H,30,31,32). The van der Waals surface area contributed by atoms with E-state index < -0.39 is 5.41 Å². The van der Waals surface area contributed by atoms with Gasteiger partial charge in [-0.15, -0.1) is 22.7 Å². The summed E-state index contributed by atoms with van der Waals surface area (Å²) < 4.78 is 1.25. The summed E-state index contributed by atoms with van der Waals surface area (Å²) in [6.07, 6.45) is 0.809. The van der Waals surface area contributed by atoms with Crippen LogP contribution in [0.2, 0.25) is 0 Å². The zero-order valence-electron chi connectivity index (χ0n) is 18.6. The van der Waals surface area contributed by atoms with E-state index >= 15 is 0 Å².